The fourth-order valence-corrected chi connectivity index (χ4v) is 9.14. The lowest BCUT2D eigenvalue weighted by Crippen LogP contribution is -2.80. The van der Waals surface area contributed by atoms with Gasteiger partial charge in [-0.25, -0.2) is 4.79 Å². The van der Waals surface area contributed by atoms with Crippen molar-refractivity contribution in [2.75, 3.05) is 13.7 Å². The molecule has 7 rings (SSSR count). The van der Waals surface area contributed by atoms with Crippen molar-refractivity contribution >= 4 is 17.9 Å². The Morgan fingerprint density at radius 2 is 1.95 bits per heavy atom. The number of rotatable bonds is 5. The van der Waals surface area contributed by atoms with Gasteiger partial charge in [-0.15, -0.1) is 0 Å². The van der Waals surface area contributed by atoms with Crippen LogP contribution in [0.15, 0.2) is 46.8 Å². The quantitative estimate of drug-likeness (QED) is 0.246. The van der Waals surface area contributed by atoms with Crippen molar-refractivity contribution in [2.45, 2.75) is 71.4 Å². The number of carbonyl (C=O) groups is 3. The maximum absolute atomic E-state index is 13.0. The standard InChI is InChI=1S/C31H38O9/c1-16(2)27(34)40-26-21-11-18-19(30(5)22(13-23(32)36-6)29(26,4)15-38-31(21,30)35)7-9-28(3)20(18)12-24(33)39-25(28)17-8-10-37-14-17/h8,10-11,14,19-22,25-26,35H,1,7,9,12-13,15H2,2-6H3. The lowest BCUT2D eigenvalue weighted by Gasteiger charge is -2.73. The van der Waals surface area contributed by atoms with Crippen molar-refractivity contribution in [3.05, 3.63) is 48.0 Å². The molecule has 3 aliphatic carbocycles. The first kappa shape index (κ1) is 27.3. The molecule has 216 valence electrons. The van der Waals surface area contributed by atoms with E-state index in [0.717, 1.165) is 17.6 Å². The van der Waals surface area contributed by atoms with Crippen LogP contribution in [0, 0.1) is 39.9 Å². The lowest BCUT2D eigenvalue weighted by molar-refractivity contribution is -0.427. The second kappa shape index (κ2) is 8.79. The number of carbonyl (C=O) groups excluding carboxylic acids is 3. The first-order valence-corrected chi connectivity index (χ1v) is 14.0. The normalized spacial score (nSPS) is 45.0. The molecule has 3 aliphatic heterocycles. The number of hydrogen-bond acceptors (Lipinski definition) is 9. The van der Waals surface area contributed by atoms with Crippen LogP contribution in [0.2, 0.25) is 0 Å². The van der Waals surface area contributed by atoms with Crippen LogP contribution in [0.4, 0.5) is 0 Å². The van der Waals surface area contributed by atoms with Gasteiger partial charge < -0.3 is 28.5 Å². The molecule has 1 N–H and O–H groups in total. The van der Waals surface area contributed by atoms with Crippen LogP contribution in [0.25, 0.3) is 0 Å². The molecular weight excluding hydrogens is 516 g/mol. The van der Waals surface area contributed by atoms with Gasteiger partial charge in [0.2, 0.25) is 0 Å². The van der Waals surface area contributed by atoms with Gasteiger partial charge in [0, 0.05) is 33.8 Å². The van der Waals surface area contributed by atoms with Gasteiger partial charge in [-0.05, 0) is 43.6 Å². The van der Waals surface area contributed by atoms with Gasteiger partial charge in [0.1, 0.15) is 12.2 Å². The van der Waals surface area contributed by atoms with Gasteiger partial charge in [0.05, 0.1) is 38.6 Å². The molecule has 1 aromatic rings. The number of esters is 3. The Kier molecular flexibility index (Phi) is 5.99. The molecule has 0 spiro atoms. The van der Waals surface area contributed by atoms with Crippen LogP contribution >= 0.6 is 0 Å². The minimum absolute atomic E-state index is 0.0361. The SMILES string of the molecule is C=C(C)C(=O)OC1C2C=C3C4CC(=O)OC(c5ccoc5)C4(C)CCC3C3(C)C(CC(=O)OC)C1(C)COC23O. The molecule has 6 aliphatic rings. The second-order valence-corrected chi connectivity index (χ2v) is 13.2. The number of allylic oxidation sites excluding steroid dienone is 1. The number of aliphatic hydroxyl groups is 1. The van der Waals surface area contributed by atoms with Crippen molar-refractivity contribution in [1.29, 1.82) is 0 Å². The van der Waals surface area contributed by atoms with Crippen molar-refractivity contribution in [3.63, 3.8) is 0 Å². The van der Waals surface area contributed by atoms with E-state index in [9.17, 15) is 19.5 Å². The van der Waals surface area contributed by atoms with Crippen LogP contribution in [0.3, 0.4) is 0 Å². The summed E-state index contributed by atoms with van der Waals surface area (Å²) < 4.78 is 28.8. The van der Waals surface area contributed by atoms with E-state index >= 15 is 0 Å². The smallest absolute Gasteiger partial charge is 0.333 e. The summed E-state index contributed by atoms with van der Waals surface area (Å²) in [6.07, 6.45) is 5.62. The topological polar surface area (TPSA) is 122 Å². The molecule has 4 bridgehead atoms. The molecule has 0 amide bonds. The third kappa shape index (κ3) is 3.36. The van der Waals surface area contributed by atoms with Gasteiger partial charge in [-0.2, -0.15) is 0 Å². The molecule has 5 fully saturated rings. The van der Waals surface area contributed by atoms with E-state index in [4.69, 9.17) is 23.4 Å². The van der Waals surface area contributed by atoms with Crippen LogP contribution < -0.4 is 0 Å². The highest BCUT2D eigenvalue weighted by Gasteiger charge is 2.79. The van der Waals surface area contributed by atoms with Crippen molar-refractivity contribution < 1.29 is 42.9 Å². The largest absolute Gasteiger partial charge is 0.472 e. The van der Waals surface area contributed by atoms with E-state index in [0.29, 0.717) is 6.42 Å². The number of furan rings is 1. The summed E-state index contributed by atoms with van der Waals surface area (Å²) >= 11 is 0. The molecule has 1 aromatic heterocycles. The highest BCUT2D eigenvalue weighted by molar-refractivity contribution is 5.87. The second-order valence-electron chi connectivity index (χ2n) is 13.2. The van der Waals surface area contributed by atoms with Gasteiger partial charge in [0.15, 0.2) is 5.79 Å². The van der Waals surface area contributed by atoms with Gasteiger partial charge in [-0.3, -0.25) is 9.59 Å². The summed E-state index contributed by atoms with van der Waals surface area (Å²) in [6.45, 7) is 11.6. The maximum Gasteiger partial charge on any atom is 0.333 e. The summed E-state index contributed by atoms with van der Waals surface area (Å²) in [5, 5.41) is 12.5. The van der Waals surface area contributed by atoms with E-state index in [-0.39, 0.29) is 42.8 Å². The minimum atomic E-state index is -1.69. The van der Waals surface area contributed by atoms with Crippen molar-refractivity contribution in [3.8, 4) is 0 Å². The van der Waals surface area contributed by atoms with Gasteiger partial charge >= 0.3 is 17.9 Å². The van der Waals surface area contributed by atoms with Gasteiger partial charge in [0.25, 0.3) is 0 Å². The molecule has 10 atom stereocenters. The highest BCUT2D eigenvalue weighted by atomic mass is 16.6. The average Bonchev–Trinajstić information content (AvgIpc) is 3.44. The first-order chi connectivity index (χ1) is 18.8. The van der Waals surface area contributed by atoms with E-state index in [1.165, 1.54) is 7.11 Å². The van der Waals surface area contributed by atoms with Crippen molar-refractivity contribution in [1.82, 2.24) is 0 Å². The molecule has 2 saturated carbocycles. The van der Waals surface area contributed by atoms with Crippen molar-refractivity contribution in [2.24, 2.45) is 39.9 Å². The Morgan fingerprint density at radius 3 is 2.60 bits per heavy atom. The number of methoxy groups -OCH3 is 1. The van der Waals surface area contributed by atoms with Crippen LogP contribution in [0.1, 0.15) is 65.0 Å². The van der Waals surface area contributed by atoms with Gasteiger partial charge in [-0.1, -0.05) is 39.0 Å². The Labute approximate surface area is 233 Å². The summed E-state index contributed by atoms with van der Waals surface area (Å²) in [4.78, 5) is 38.8. The predicted octanol–water partition coefficient (Wildman–Crippen LogP) is 4.27. The third-order valence-electron chi connectivity index (χ3n) is 11.2. The summed E-state index contributed by atoms with van der Waals surface area (Å²) in [5.74, 6) is -4.43. The zero-order valence-corrected chi connectivity index (χ0v) is 23.7. The monoisotopic (exact) mass is 554 g/mol. The lowest BCUT2D eigenvalue weighted by atomic mass is 9.37. The fraction of sp³-hybridized carbons (Fsp3) is 0.645. The molecule has 4 heterocycles. The number of fused-ring (bicyclic) bond motifs is 4. The molecule has 0 aromatic carbocycles. The molecule has 9 heteroatoms. The van der Waals surface area contributed by atoms with E-state index in [2.05, 4.69) is 13.5 Å². The first-order valence-electron chi connectivity index (χ1n) is 14.0. The Balaban J connectivity index is 1.52. The van der Waals surface area contributed by atoms with E-state index < -0.39 is 58.0 Å². The molecule has 10 unspecified atom stereocenters. The summed E-state index contributed by atoms with van der Waals surface area (Å²) in [6, 6.07) is 1.83. The average molecular weight is 555 g/mol. The molecule has 40 heavy (non-hydrogen) atoms. The highest BCUT2D eigenvalue weighted by Crippen LogP contribution is 2.74. The zero-order valence-electron chi connectivity index (χ0n) is 23.7. The van der Waals surface area contributed by atoms with Crippen LogP contribution in [-0.4, -0.2) is 48.6 Å². The third-order valence-corrected chi connectivity index (χ3v) is 11.2. The Morgan fingerprint density at radius 1 is 1.20 bits per heavy atom. The van der Waals surface area contributed by atoms with Crippen LogP contribution in [0.5, 0.6) is 0 Å². The van der Waals surface area contributed by atoms with E-state index in [1.807, 2.05) is 26.0 Å². The molecule has 0 radical (unpaired) electrons. The Bertz CT molecular complexity index is 1300. The number of cyclic esters (lactones) is 1. The fourth-order valence-electron chi connectivity index (χ4n) is 9.14. The molecule has 9 nitrogen and oxygen atoms in total. The summed E-state index contributed by atoms with van der Waals surface area (Å²) in [7, 11) is 1.35. The van der Waals surface area contributed by atoms with Crippen LogP contribution in [-0.2, 0) is 33.3 Å². The molecular formula is C31H38O9. The summed E-state index contributed by atoms with van der Waals surface area (Å²) in [5.41, 5.74) is -0.0209. The number of ether oxygens (including phenoxy) is 4. The zero-order chi connectivity index (χ0) is 28.8. The minimum Gasteiger partial charge on any atom is -0.472 e. The molecule has 3 saturated heterocycles. The predicted molar refractivity (Wildman–Crippen MR) is 140 cm³/mol. The maximum atomic E-state index is 13.0. The number of hydrogen-bond donors (Lipinski definition) is 1. The van der Waals surface area contributed by atoms with E-state index in [1.54, 1.807) is 19.5 Å². The Hall–Kier alpha value is -2.91.